The van der Waals surface area contributed by atoms with Crippen LogP contribution in [0, 0.1) is 5.92 Å². The number of carbonyl (C=O) groups is 1. The van der Waals surface area contributed by atoms with E-state index in [-0.39, 0.29) is 28.4 Å². The topological polar surface area (TPSA) is 74.7 Å². The number of rotatable bonds is 3. The quantitative estimate of drug-likeness (QED) is 0.896. The van der Waals surface area contributed by atoms with Gasteiger partial charge in [-0.3, -0.25) is 4.79 Å². The lowest BCUT2D eigenvalue weighted by molar-refractivity contribution is 0.0362. The Kier molecular flexibility index (Phi) is 3.85. The predicted molar refractivity (Wildman–Crippen MR) is 71.0 cm³/mol. The van der Waals surface area contributed by atoms with Crippen LogP contribution in [0.5, 0.6) is 0 Å². The molecule has 7 heteroatoms. The number of hydrogen-bond acceptors (Lipinski definition) is 4. The highest BCUT2D eigenvalue weighted by molar-refractivity contribution is 7.90. The molecule has 1 saturated heterocycles. The maximum absolute atomic E-state index is 12.1. The van der Waals surface area contributed by atoms with Gasteiger partial charge in [0.1, 0.15) is 0 Å². The predicted octanol–water partition coefficient (Wildman–Crippen LogP) is 0.808. The molecule has 0 atom stereocenters. The highest BCUT2D eigenvalue weighted by Gasteiger charge is 2.31. The molecule has 0 unspecified atom stereocenters. The molecule has 104 valence electrons. The molecule has 1 aromatic rings. The van der Waals surface area contributed by atoms with Gasteiger partial charge in [-0.15, -0.1) is 0 Å². The van der Waals surface area contributed by atoms with Crippen molar-refractivity contribution in [1.82, 2.24) is 4.90 Å². The molecule has 19 heavy (non-hydrogen) atoms. The highest BCUT2D eigenvalue weighted by Crippen LogP contribution is 2.25. The highest BCUT2D eigenvalue weighted by atomic mass is 35.5. The van der Waals surface area contributed by atoms with E-state index in [1.807, 2.05) is 0 Å². The monoisotopic (exact) mass is 303 g/mol. The molecule has 1 aliphatic rings. The van der Waals surface area contributed by atoms with Crippen molar-refractivity contribution in [2.75, 3.05) is 26.0 Å². The third-order valence-corrected chi connectivity index (χ3v) is 4.66. The van der Waals surface area contributed by atoms with Crippen LogP contribution >= 0.6 is 11.6 Å². The normalized spacial score (nSPS) is 16.3. The number of aliphatic hydroxyl groups is 1. The molecular weight excluding hydrogens is 290 g/mol. The Balaban J connectivity index is 2.25. The molecule has 0 bridgehead atoms. The van der Waals surface area contributed by atoms with Crippen LogP contribution < -0.4 is 0 Å². The second-order valence-electron chi connectivity index (χ2n) is 4.68. The van der Waals surface area contributed by atoms with E-state index in [9.17, 15) is 13.2 Å². The molecule has 1 aliphatic heterocycles. The molecule has 1 heterocycles. The van der Waals surface area contributed by atoms with Crippen molar-refractivity contribution in [1.29, 1.82) is 0 Å². The number of hydrogen-bond donors (Lipinski definition) is 1. The number of halogens is 1. The SMILES string of the molecule is CS(=O)(=O)c1cc(C(=O)N2CC(CO)C2)ccc1Cl. The van der Waals surface area contributed by atoms with Crippen LogP contribution in [0.15, 0.2) is 23.1 Å². The van der Waals surface area contributed by atoms with Crippen molar-refractivity contribution in [2.45, 2.75) is 4.90 Å². The molecule has 0 spiro atoms. The Morgan fingerprint density at radius 3 is 2.63 bits per heavy atom. The van der Waals surface area contributed by atoms with Crippen molar-refractivity contribution in [2.24, 2.45) is 5.92 Å². The Hall–Kier alpha value is -1.11. The zero-order valence-electron chi connectivity index (χ0n) is 10.3. The molecule has 1 N–H and O–H groups in total. The molecule has 0 aliphatic carbocycles. The summed E-state index contributed by atoms with van der Waals surface area (Å²) in [6.07, 6.45) is 1.05. The third kappa shape index (κ3) is 2.91. The van der Waals surface area contributed by atoms with E-state index in [2.05, 4.69) is 0 Å². The minimum Gasteiger partial charge on any atom is -0.396 e. The molecule has 0 saturated carbocycles. The van der Waals surface area contributed by atoms with Crippen molar-refractivity contribution in [3.8, 4) is 0 Å². The van der Waals surface area contributed by atoms with Gasteiger partial charge in [-0.2, -0.15) is 0 Å². The summed E-state index contributed by atoms with van der Waals surface area (Å²) in [5.74, 6) is -0.128. The largest absolute Gasteiger partial charge is 0.396 e. The van der Waals surface area contributed by atoms with Crippen LogP contribution in [0.2, 0.25) is 5.02 Å². The van der Waals surface area contributed by atoms with Gasteiger partial charge >= 0.3 is 0 Å². The van der Waals surface area contributed by atoms with Crippen LogP contribution in [-0.2, 0) is 9.84 Å². The summed E-state index contributed by atoms with van der Waals surface area (Å²) in [7, 11) is -3.46. The summed E-state index contributed by atoms with van der Waals surface area (Å²) in [5, 5.41) is 9.02. The molecule has 0 radical (unpaired) electrons. The smallest absolute Gasteiger partial charge is 0.253 e. The standard InChI is InChI=1S/C12H14ClNO4S/c1-19(17,18)11-4-9(2-3-10(11)13)12(16)14-5-8(6-14)7-15/h2-4,8,15H,5-7H2,1H3. The lowest BCUT2D eigenvalue weighted by Crippen LogP contribution is -2.51. The van der Waals surface area contributed by atoms with Gasteiger partial charge in [0.15, 0.2) is 9.84 Å². The number of aliphatic hydroxyl groups excluding tert-OH is 1. The summed E-state index contributed by atoms with van der Waals surface area (Å²) < 4.78 is 23.1. The first kappa shape index (κ1) is 14.3. The van der Waals surface area contributed by atoms with E-state index >= 15 is 0 Å². The maximum atomic E-state index is 12.1. The summed E-state index contributed by atoms with van der Waals surface area (Å²) >= 11 is 5.82. The number of likely N-dealkylation sites (tertiary alicyclic amines) is 1. The van der Waals surface area contributed by atoms with E-state index < -0.39 is 9.84 Å². The Morgan fingerprint density at radius 1 is 1.47 bits per heavy atom. The minimum atomic E-state index is -3.46. The number of benzene rings is 1. The lowest BCUT2D eigenvalue weighted by Gasteiger charge is -2.38. The molecule has 2 rings (SSSR count). The zero-order valence-corrected chi connectivity index (χ0v) is 11.9. The van der Waals surface area contributed by atoms with E-state index in [0.717, 1.165) is 6.26 Å². The Labute approximate surface area is 116 Å². The second-order valence-corrected chi connectivity index (χ2v) is 7.07. The van der Waals surface area contributed by atoms with Crippen LogP contribution in [-0.4, -0.2) is 50.3 Å². The average molecular weight is 304 g/mol. The van der Waals surface area contributed by atoms with E-state index in [1.54, 1.807) is 4.90 Å². The number of nitrogens with zero attached hydrogens (tertiary/aromatic N) is 1. The average Bonchev–Trinajstić information content (AvgIpc) is 2.26. The van der Waals surface area contributed by atoms with Crippen LogP contribution in [0.4, 0.5) is 0 Å². The molecule has 0 aromatic heterocycles. The van der Waals surface area contributed by atoms with Crippen LogP contribution in [0.3, 0.4) is 0 Å². The van der Waals surface area contributed by atoms with Gasteiger partial charge < -0.3 is 10.0 Å². The molecule has 1 amide bonds. The van der Waals surface area contributed by atoms with Crippen LogP contribution in [0.25, 0.3) is 0 Å². The fourth-order valence-corrected chi connectivity index (χ4v) is 3.26. The van der Waals surface area contributed by atoms with Gasteiger partial charge in [0.25, 0.3) is 5.91 Å². The summed E-state index contributed by atoms with van der Waals surface area (Å²) in [4.78, 5) is 13.6. The molecular formula is C12H14ClNO4S. The van der Waals surface area contributed by atoms with E-state index in [1.165, 1.54) is 18.2 Å². The number of sulfone groups is 1. The Bertz CT molecular complexity index is 608. The number of amides is 1. The fourth-order valence-electron chi connectivity index (χ4n) is 1.95. The third-order valence-electron chi connectivity index (χ3n) is 3.08. The van der Waals surface area contributed by atoms with Crippen molar-refractivity contribution in [3.63, 3.8) is 0 Å². The van der Waals surface area contributed by atoms with Crippen molar-refractivity contribution >= 4 is 27.3 Å². The molecule has 1 fully saturated rings. The first-order valence-corrected chi connectivity index (χ1v) is 7.99. The van der Waals surface area contributed by atoms with Gasteiger partial charge in [-0.1, -0.05) is 11.6 Å². The van der Waals surface area contributed by atoms with Gasteiger partial charge in [-0.25, -0.2) is 8.42 Å². The first-order valence-electron chi connectivity index (χ1n) is 5.72. The number of carbonyl (C=O) groups excluding carboxylic acids is 1. The zero-order chi connectivity index (χ0) is 14.2. The lowest BCUT2D eigenvalue weighted by atomic mass is 10.00. The minimum absolute atomic E-state index is 0.0424. The van der Waals surface area contributed by atoms with E-state index in [4.69, 9.17) is 16.7 Å². The summed E-state index contributed by atoms with van der Waals surface area (Å²) in [5.41, 5.74) is 0.293. The van der Waals surface area contributed by atoms with Gasteiger partial charge in [0, 0.05) is 37.4 Å². The van der Waals surface area contributed by atoms with Gasteiger partial charge in [0.05, 0.1) is 9.92 Å². The van der Waals surface area contributed by atoms with Gasteiger partial charge in [0.2, 0.25) is 0 Å². The molecule has 5 nitrogen and oxygen atoms in total. The van der Waals surface area contributed by atoms with Crippen LogP contribution in [0.1, 0.15) is 10.4 Å². The van der Waals surface area contributed by atoms with Gasteiger partial charge in [-0.05, 0) is 18.2 Å². The van der Waals surface area contributed by atoms with Crippen molar-refractivity contribution in [3.05, 3.63) is 28.8 Å². The first-order chi connectivity index (χ1) is 8.82. The van der Waals surface area contributed by atoms with E-state index in [0.29, 0.717) is 18.7 Å². The Morgan fingerprint density at radius 2 is 2.11 bits per heavy atom. The second kappa shape index (κ2) is 5.11. The summed E-state index contributed by atoms with van der Waals surface area (Å²) in [6, 6.07) is 4.21. The fraction of sp³-hybridized carbons (Fsp3) is 0.417. The van der Waals surface area contributed by atoms with Crippen molar-refractivity contribution < 1.29 is 18.3 Å². The maximum Gasteiger partial charge on any atom is 0.253 e. The molecule has 1 aromatic carbocycles. The summed E-state index contributed by atoms with van der Waals surface area (Å²) in [6.45, 7) is 1.04.